The van der Waals surface area contributed by atoms with Crippen LogP contribution in [0.3, 0.4) is 0 Å². The predicted octanol–water partition coefficient (Wildman–Crippen LogP) is 4.12. The van der Waals surface area contributed by atoms with Crippen LogP contribution in [-0.4, -0.2) is 81.9 Å². The van der Waals surface area contributed by atoms with E-state index in [2.05, 4.69) is 49.9 Å². The van der Waals surface area contributed by atoms with Crippen molar-refractivity contribution in [2.75, 3.05) is 44.7 Å². The number of fused-ring (bicyclic) bond motifs is 1. The standard InChI is InChI=1S/C31H38FN7O2/c1-4-21-11-23(32)5-6-27(21)41-30-29(34-19-35-36-30)39-17-31(18-39)12-24(13-31)40-28-7-9-33-26-8-10-38(16-25(26)28)20(2)22-14-37(3)15-22/h5-7,9,11,19-20,22,24H,4,8,10,12-18H2,1-3H3. The number of nitrogens with zero attached hydrogens (tertiary/aromatic N) is 7. The molecular weight excluding hydrogens is 521 g/mol. The summed E-state index contributed by atoms with van der Waals surface area (Å²) in [4.78, 5) is 16.4. The molecule has 5 heterocycles. The summed E-state index contributed by atoms with van der Waals surface area (Å²) in [5.74, 6) is 3.09. The Labute approximate surface area is 240 Å². The molecule has 4 aliphatic rings. The number of anilines is 1. The molecule has 3 aromatic rings. The molecule has 41 heavy (non-hydrogen) atoms. The molecule has 1 spiro atoms. The van der Waals surface area contributed by atoms with E-state index in [0.29, 0.717) is 29.9 Å². The highest BCUT2D eigenvalue weighted by Gasteiger charge is 2.54. The topological polar surface area (TPSA) is 79.7 Å². The molecule has 0 bridgehead atoms. The Morgan fingerprint density at radius 1 is 1.12 bits per heavy atom. The molecule has 3 aliphatic heterocycles. The normalized spacial score (nSPS) is 21.5. The first-order chi connectivity index (χ1) is 19.9. The first kappa shape index (κ1) is 26.5. The lowest BCUT2D eigenvalue weighted by molar-refractivity contribution is -0.0357. The molecule has 2 aromatic heterocycles. The van der Waals surface area contributed by atoms with Crippen LogP contribution in [0, 0.1) is 17.2 Å². The van der Waals surface area contributed by atoms with Crippen molar-refractivity contribution in [3.8, 4) is 17.4 Å². The fourth-order valence-corrected chi connectivity index (χ4v) is 7.15. The van der Waals surface area contributed by atoms with Gasteiger partial charge in [-0.3, -0.25) is 9.88 Å². The van der Waals surface area contributed by atoms with Gasteiger partial charge >= 0.3 is 0 Å². The van der Waals surface area contributed by atoms with Crippen LogP contribution in [0.5, 0.6) is 17.4 Å². The van der Waals surface area contributed by atoms with E-state index in [9.17, 15) is 4.39 Å². The number of rotatable bonds is 8. The minimum absolute atomic E-state index is 0.210. The largest absolute Gasteiger partial charge is 0.490 e. The van der Waals surface area contributed by atoms with Gasteiger partial charge in [0.05, 0.1) is 0 Å². The van der Waals surface area contributed by atoms with Crippen molar-refractivity contribution in [3.05, 3.63) is 59.4 Å². The van der Waals surface area contributed by atoms with E-state index in [1.165, 1.54) is 42.8 Å². The Hall–Kier alpha value is -3.37. The van der Waals surface area contributed by atoms with Gasteiger partial charge in [0.2, 0.25) is 0 Å². The number of likely N-dealkylation sites (tertiary alicyclic amines) is 1. The Balaban J connectivity index is 0.971. The smallest absolute Gasteiger partial charge is 0.282 e. The van der Waals surface area contributed by atoms with Crippen LogP contribution in [0.15, 0.2) is 36.8 Å². The van der Waals surface area contributed by atoms with E-state index >= 15 is 0 Å². The van der Waals surface area contributed by atoms with Crippen molar-refractivity contribution in [3.63, 3.8) is 0 Å². The molecule has 1 aliphatic carbocycles. The highest BCUT2D eigenvalue weighted by atomic mass is 19.1. The highest BCUT2D eigenvalue weighted by Crippen LogP contribution is 2.52. The molecule has 10 heteroatoms. The van der Waals surface area contributed by atoms with Gasteiger partial charge in [0.15, 0.2) is 5.82 Å². The summed E-state index contributed by atoms with van der Waals surface area (Å²) in [6.07, 6.45) is 7.23. The minimum Gasteiger partial charge on any atom is -0.490 e. The fourth-order valence-electron chi connectivity index (χ4n) is 7.15. The van der Waals surface area contributed by atoms with Crippen LogP contribution < -0.4 is 14.4 Å². The van der Waals surface area contributed by atoms with E-state index in [4.69, 9.17) is 14.5 Å². The zero-order chi connectivity index (χ0) is 28.1. The van der Waals surface area contributed by atoms with Gasteiger partial charge in [-0.1, -0.05) is 6.92 Å². The molecule has 9 nitrogen and oxygen atoms in total. The van der Waals surface area contributed by atoms with E-state index in [1.807, 2.05) is 13.1 Å². The van der Waals surface area contributed by atoms with Crippen molar-refractivity contribution in [1.82, 2.24) is 30.0 Å². The third-order valence-corrected chi connectivity index (χ3v) is 9.60. The summed E-state index contributed by atoms with van der Waals surface area (Å²) in [6.45, 7) is 10.5. The maximum absolute atomic E-state index is 13.7. The van der Waals surface area contributed by atoms with Crippen molar-refractivity contribution in [2.24, 2.45) is 11.3 Å². The lowest BCUT2D eigenvalue weighted by Gasteiger charge is -2.58. The van der Waals surface area contributed by atoms with Gasteiger partial charge in [-0.05, 0) is 69.0 Å². The number of benzene rings is 1. The highest BCUT2D eigenvalue weighted by molar-refractivity contribution is 5.53. The molecule has 2 saturated heterocycles. The van der Waals surface area contributed by atoms with Crippen LogP contribution in [0.4, 0.5) is 10.2 Å². The van der Waals surface area contributed by atoms with E-state index < -0.39 is 0 Å². The van der Waals surface area contributed by atoms with Crippen molar-refractivity contribution in [2.45, 2.75) is 58.2 Å². The zero-order valence-electron chi connectivity index (χ0n) is 24.1. The molecule has 0 N–H and O–H groups in total. The lowest BCUT2D eigenvalue weighted by atomic mass is 9.61. The van der Waals surface area contributed by atoms with Crippen LogP contribution in [0.2, 0.25) is 0 Å². The van der Waals surface area contributed by atoms with Gasteiger partial charge in [-0.2, -0.15) is 0 Å². The molecular formula is C31H38FN7O2. The summed E-state index contributed by atoms with van der Waals surface area (Å²) in [5.41, 5.74) is 3.47. The number of hydrogen-bond donors (Lipinski definition) is 0. The van der Waals surface area contributed by atoms with Gasteiger partial charge in [0.25, 0.3) is 5.88 Å². The molecule has 0 radical (unpaired) electrons. The van der Waals surface area contributed by atoms with Gasteiger partial charge in [-0.15, -0.1) is 10.2 Å². The Kier molecular flexibility index (Phi) is 6.78. The summed E-state index contributed by atoms with van der Waals surface area (Å²) in [7, 11) is 2.20. The van der Waals surface area contributed by atoms with E-state index in [0.717, 1.165) is 62.7 Å². The third kappa shape index (κ3) is 5.01. The molecule has 1 atom stereocenters. The summed E-state index contributed by atoms with van der Waals surface area (Å²) in [6, 6.07) is 7.16. The minimum atomic E-state index is -0.279. The van der Waals surface area contributed by atoms with Crippen molar-refractivity contribution < 1.29 is 13.9 Å². The van der Waals surface area contributed by atoms with E-state index in [1.54, 1.807) is 6.07 Å². The SMILES string of the molecule is CCc1cc(F)ccc1Oc1nncnc1N1CC2(CC(Oc3ccnc4c3CN(C(C)C3CN(C)C3)CC4)C2)C1. The Bertz CT molecular complexity index is 1420. The Morgan fingerprint density at radius 2 is 1.95 bits per heavy atom. The maximum atomic E-state index is 13.7. The average molecular weight is 560 g/mol. The molecule has 216 valence electrons. The third-order valence-electron chi connectivity index (χ3n) is 9.60. The number of aromatic nitrogens is 4. The molecule has 3 fully saturated rings. The average Bonchev–Trinajstić information content (AvgIpc) is 2.92. The number of aryl methyl sites for hydroxylation is 1. The number of halogens is 1. The number of pyridine rings is 1. The van der Waals surface area contributed by atoms with Crippen LogP contribution in [0.1, 0.15) is 43.5 Å². The maximum Gasteiger partial charge on any atom is 0.282 e. The first-order valence-electron chi connectivity index (χ1n) is 14.8. The van der Waals surface area contributed by atoms with Gasteiger partial charge in [-0.25, -0.2) is 9.37 Å². The van der Waals surface area contributed by atoms with Crippen molar-refractivity contribution in [1.29, 1.82) is 0 Å². The van der Waals surface area contributed by atoms with Gasteiger partial charge < -0.3 is 19.3 Å². The number of ether oxygens (including phenoxy) is 2. The number of hydrogen-bond acceptors (Lipinski definition) is 9. The Morgan fingerprint density at radius 3 is 2.73 bits per heavy atom. The molecule has 1 saturated carbocycles. The van der Waals surface area contributed by atoms with Crippen LogP contribution in [0.25, 0.3) is 0 Å². The van der Waals surface area contributed by atoms with E-state index in [-0.39, 0.29) is 17.3 Å². The molecule has 7 rings (SSSR count). The zero-order valence-corrected chi connectivity index (χ0v) is 24.1. The second-order valence-electron chi connectivity index (χ2n) is 12.5. The predicted molar refractivity (Wildman–Crippen MR) is 153 cm³/mol. The summed E-state index contributed by atoms with van der Waals surface area (Å²) < 4.78 is 26.4. The molecule has 1 unspecified atom stereocenters. The lowest BCUT2D eigenvalue weighted by Crippen LogP contribution is -2.65. The van der Waals surface area contributed by atoms with Gasteiger partial charge in [0, 0.05) is 74.6 Å². The summed E-state index contributed by atoms with van der Waals surface area (Å²) in [5, 5.41) is 8.15. The first-order valence-corrected chi connectivity index (χ1v) is 14.8. The van der Waals surface area contributed by atoms with Crippen LogP contribution in [-0.2, 0) is 19.4 Å². The molecule has 0 amide bonds. The van der Waals surface area contributed by atoms with Crippen LogP contribution >= 0.6 is 0 Å². The molecule has 1 aromatic carbocycles. The van der Waals surface area contributed by atoms with Crippen molar-refractivity contribution >= 4 is 5.82 Å². The quantitative estimate of drug-likeness (QED) is 0.405. The monoisotopic (exact) mass is 559 g/mol. The second kappa shape index (κ2) is 10.5. The van der Waals surface area contributed by atoms with Gasteiger partial charge in [0.1, 0.15) is 29.7 Å². The fraction of sp³-hybridized carbons (Fsp3) is 0.548. The summed E-state index contributed by atoms with van der Waals surface area (Å²) >= 11 is 0. The second-order valence-corrected chi connectivity index (χ2v) is 12.5.